The zero-order valence-electron chi connectivity index (χ0n) is 11.9. The topological polar surface area (TPSA) is 17.1 Å². The number of hydrogen-bond donors (Lipinski definition) is 0. The average molecular weight is 410 g/mol. The van der Waals surface area contributed by atoms with Crippen LogP contribution in [0.5, 0.6) is 0 Å². The summed E-state index contributed by atoms with van der Waals surface area (Å²) >= 11 is 2.17. The van der Waals surface area contributed by atoms with Crippen LogP contribution in [-0.4, -0.2) is 10.2 Å². The standard InChI is InChI=1S/C16H18F3IO/c1-2-10(9-20)15(21)13-7-8-14(16(17,18)19)12-6-4-3-5-11(12)13/h7-8,10H,2-6,9H2,1H3. The number of ketones is 1. The minimum atomic E-state index is -4.34. The van der Waals surface area contributed by atoms with Crippen LogP contribution in [0.2, 0.25) is 0 Å². The molecule has 1 aliphatic rings. The van der Waals surface area contributed by atoms with E-state index in [0.29, 0.717) is 34.0 Å². The smallest absolute Gasteiger partial charge is 0.294 e. The molecule has 116 valence electrons. The number of carbonyl (C=O) groups is 1. The lowest BCUT2D eigenvalue weighted by Gasteiger charge is -2.24. The molecule has 0 bridgehead atoms. The number of fused-ring (bicyclic) bond motifs is 1. The minimum absolute atomic E-state index is 0.00113. The van der Waals surface area contributed by atoms with Crippen LogP contribution in [0.4, 0.5) is 13.2 Å². The first-order valence-corrected chi connectivity index (χ1v) is 8.74. The van der Waals surface area contributed by atoms with Crippen LogP contribution >= 0.6 is 22.6 Å². The molecule has 0 fully saturated rings. The lowest BCUT2D eigenvalue weighted by Crippen LogP contribution is -2.22. The molecule has 0 amide bonds. The Morgan fingerprint density at radius 2 is 1.86 bits per heavy atom. The Labute approximate surface area is 136 Å². The molecule has 21 heavy (non-hydrogen) atoms. The summed E-state index contributed by atoms with van der Waals surface area (Å²) in [5, 5.41) is 0. The van der Waals surface area contributed by atoms with Crippen molar-refractivity contribution in [1.29, 1.82) is 0 Å². The highest BCUT2D eigenvalue weighted by molar-refractivity contribution is 14.1. The molecule has 1 aromatic rings. The fourth-order valence-electron chi connectivity index (χ4n) is 2.95. The van der Waals surface area contributed by atoms with Gasteiger partial charge in [0.15, 0.2) is 5.78 Å². The Morgan fingerprint density at radius 3 is 2.38 bits per heavy atom. The fourth-order valence-corrected chi connectivity index (χ4v) is 3.97. The van der Waals surface area contributed by atoms with Crippen molar-refractivity contribution in [1.82, 2.24) is 0 Å². The quantitative estimate of drug-likeness (QED) is 0.378. The lowest BCUT2D eigenvalue weighted by atomic mass is 9.82. The third-order valence-corrected chi connectivity index (χ3v) is 5.22. The average Bonchev–Trinajstić information content (AvgIpc) is 2.46. The van der Waals surface area contributed by atoms with E-state index in [0.717, 1.165) is 25.3 Å². The van der Waals surface area contributed by atoms with Gasteiger partial charge in [-0.2, -0.15) is 13.2 Å². The molecule has 1 nitrogen and oxygen atoms in total. The maximum absolute atomic E-state index is 13.1. The number of halogens is 4. The molecular formula is C16H18F3IO. The van der Waals surface area contributed by atoms with Gasteiger partial charge < -0.3 is 0 Å². The van der Waals surface area contributed by atoms with E-state index in [1.807, 2.05) is 6.92 Å². The molecular weight excluding hydrogens is 392 g/mol. The van der Waals surface area contributed by atoms with Crippen molar-refractivity contribution < 1.29 is 18.0 Å². The summed E-state index contributed by atoms with van der Waals surface area (Å²) < 4.78 is 40.0. The second-order valence-electron chi connectivity index (χ2n) is 5.45. The van der Waals surface area contributed by atoms with Gasteiger partial charge in [-0.25, -0.2) is 0 Å². The van der Waals surface area contributed by atoms with Gasteiger partial charge in [-0.1, -0.05) is 35.6 Å². The maximum Gasteiger partial charge on any atom is 0.416 e. The van der Waals surface area contributed by atoms with Crippen molar-refractivity contribution in [2.75, 3.05) is 4.43 Å². The summed E-state index contributed by atoms with van der Waals surface area (Å²) in [7, 11) is 0. The van der Waals surface area contributed by atoms with E-state index in [9.17, 15) is 18.0 Å². The highest BCUT2D eigenvalue weighted by Crippen LogP contribution is 2.38. The SMILES string of the molecule is CCC(CI)C(=O)c1ccc(C(F)(F)F)c2c1CCCC2. The van der Waals surface area contributed by atoms with Gasteiger partial charge in [0.1, 0.15) is 0 Å². The van der Waals surface area contributed by atoms with E-state index in [-0.39, 0.29) is 11.7 Å². The second-order valence-corrected chi connectivity index (χ2v) is 6.33. The molecule has 0 N–H and O–H groups in total. The van der Waals surface area contributed by atoms with Crippen LogP contribution in [0, 0.1) is 5.92 Å². The monoisotopic (exact) mass is 410 g/mol. The third kappa shape index (κ3) is 3.43. The van der Waals surface area contributed by atoms with Gasteiger partial charge in [-0.05, 0) is 49.3 Å². The molecule has 1 aliphatic carbocycles. The largest absolute Gasteiger partial charge is 0.416 e. The first-order chi connectivity index (χ1) is 9.90. The van der Waals surface area contributed by atoms with E-state index in [4.69, 9.17) is 0 Å². The molecule has 5 heteroatoms. The summed E-state index contributed by atoms with van der Waals surface area (Å²) in [6.07, 6.45) is -0.995. The zero-order valence-corrected chi connectivity index (χ0v) is 14.1. The fraction of sp³-hybridized carbons (Fsp3) is 0.562. The number of carbonyl (C=O) groups excluding carboxylic acids is 1. The van der Waals surface area contributed by atoms with E-state index in [2.05, 4.69) is 22.6 Å². The van der Waals surface area contributed by atoms with Crippen molar-refractivity contribution in [2.24, 2.45) is 5.92 Å². The van der Waals surface area contributed by atoms with E-state index < -0.39 is 11.7 Å². The molecule has 1 atom stereocenters. The summed E-state index contributed by atoms with van der Waals surface area (Å²) in [5.74, 6) is -0.105. The molecule has 2 rings (SSSR count). The Balaban J connectivity index is 2.52. The number of alkyl halides is 4. The highest BCUT2D eigenvalue weighted by Gasteiger charge is 2.36. The Bertz CT molecular complexity index is 533. The van der Waals surface area contributed by atoms with Crippen molar-refractivity contribution in [3.8, 4) is 0 Å². The summed E-state index contributed by atoms with van der Waals surface area (Å²) in [6.45, 7) is 1.94. The minimum Gasteiger partial charge on any atom is -0.294 e. The predicted octanol–water partition coefficient (Wildman–Crippen LogP) is 5.23. The molecule has 0 aromatic heterocycles. The number of rotatable bonds is 4. The van der Waals surface area contributed by atoms with E-state index in [1.165, 1.54) is 6.07 Å². The summed E-state index contributed by atoms with van der Waals surface area (Å²) in [4.78, 5) is 12.6. The van der Waals surface area contributed by atoms with Crippen molar-refractivity contribution in [2.45, 2.75) is 45.2 Å². The molecule has 0 saturated carbocycles. The van der Waals surface area contributed by atoms with Gasteiger partial charge in [0.2, 0.25) is 0 Å². The molecule has 0 radical (unpaired) electrons. The van der Waals surface area contributed by atoms with Crippen LogP contribution < -0.4 is 0 Å². The number of Topliss-reactive ketones (excluding diaryl/α,β-unsaturated/α-hetero) is 1. The Hall–Kier alpha value is -0.590. The van der Waals surface area contributed by atoms with E-state index in [1.54, 1.807) is 0 Å². The van der Waals surface area contributed by atoms with Gasteiger partial charge in [-0.3, -0.25) is 4.79 Å². The lowest BCUT2D eigenvalue weighted by molar-refractivity contribution is -0.138. The predicted molar refractivity (Wildman–Crippen MR) is 85.1 cm³/mol. The van der Waals surface area contributed by atoms with Gasteiger partial charge in [0.05, 0.1) is 5.56 Å². The summed E-state index contributed by atoms with van der Waals surface area (Å²) in [6, 6.07) is 2.49. The first-order valence-electron chi connectivity index (χ1n) is 7.22. The van der Waals surface area contributed by atoms with Gasteiger partial charge >= 0.3 is 6.18 Å². The number of benzene rings is 1. The molecule has 1 aromatic carbocycles. The van der Waals surface area contributed by atoms with Crippen molar-refractivity contribution in [3.05, 3.63) is 34.4 Å². The van der Waals surface area contributed by atoms with E-state index >= 15 is 0 Å². The van der Waals surface area contributed by atoms with Gasteiger partial charge in [0, 0.05) is 15.9 Å². The zero-order chi connectivity index (χ0) is 15.6. The van der Waals surface area contributed by atoms with Crippen LogP contribution in [0.1, 0.15) is 53.2 Å². The molecule has 0 aliphatic heterocycles. The first kappa shape index (κ1) is 16.8. The molecule has 0 saturated heterocycles. The highest BCUT2D eigenvalue weighted by atomic mass is 127. The van der Waals surface area contributed by atoms with Gasteiger partial charge in [0.25, 0.3) is 0 Å². The second kappa shape index (κ2) is 6.67. The number of hydrogen-bond acceptors (Lipinski definition) is 1. The van der Waals surface area contributed by atoms with Crippen molar-refractivity contribution >= 4 is 28.4 Å². The molecule has 1 unspecified atom stereocenters. The van der Waals surface area contributed by atoms with Gasteiger partial charge in [-0.15, -0.1) is 0 Å². The summed E-state index contributed by atoms with van der Waals surface area (Å²) in [5.41, 5.74) is 0.949. The van der Waals surface area contributed by atoms with Crippen molar-refractivity contribution in [3.63, 3.8) is 0 Å². The van der Waals surface area contributed by atoms with Crippen LogP contribution in [0.25, 0.3) is 0 Å². The molecule has 0 spiro atoms. The van der Waals surface area contributed by atoms with Crippen LogP contribution in [0.15, 0.2) is 12.1 Å². The maximum atomic E-state index is 13.1. The van der Waals surface area contributed by atoms with Crippen LogP contribution in [-0.2, 0) is 19.0 Å². The Kier molecular flexibility index (Phi) is 5.33. The molecule has 0 heterocycles. The normalized spacial score (nSPS) is 16.4. The third-order valence-electron chi connectivity index (χ3n) is 4.16. The Morgan fingerprint density at radius 1 is 1.24 bits per heavy atom. The van der Waals surface area contributed by atoms with Crippen LogP contribution in [0.3, 0.4) is 0 Å².